The Morgan fingerprint density at radius 2 is 1.50 bits per heavy atom. The van der Waals surface area contributed by atoms with Gasteiger partial charge < -0.3 is 10.2 Å². The summed E-state index contributed by atoms with van der Waals surface area (Å²) >= 11 is 12.0. The van der Waals surface area contributed by atoms with Crippen LogP contribution in [0.2, 0.25) is 10.0 Å². The van der Waals surface area contributed by atoms with Gasteiger partial charge in [0.15, 0.2) is 0 Å². The zero-order valence-corrected chi connectivity index (χ0v) is 19.1. The molecule has 3 rings (SSSR count). The van der Waals surface area contributed by atoms with Crippen molar-refractivity contribution in [3.63, 3.8) is 0 Å². The smallest absolute Gasteiger partial charge is 0.143 e. The Balaban J connectivity index is 1.82. The number of phenolic OH excluding ortho intramolecular Hbond substituents is 2. The van der Waals surface area contributed by atoms with Crippen LogP contribution in [-0.2, 0) is 5.41 Å². The lowest BCUT2D eigenvalue weighted by atomic mass is 9.85. The molecule has 0 amide bonds. The van der Waals surface area contributed by atoms with Gasteiger partial charge in [-0.2, -0.15) is 0 Å². The molecule has 0 spiro atoms. The Morgan fingerprint density at radius 3 is 2.10 bits per heavy atom. The van der Waals surface area contributed by atoms with Crippen molar-refractivity contribution >= 4 is 35.6 Å². The number of rotatable bonds is 4. The summed E-state index contributed by atoms with van der Waals surface area (Å²) < 4.78 is 0. The van der Waals surface area contributed by atoms with E-state index in [0.717, 1.165) is 36.8 Å². The lowest BCUT2D eigenvalue weighted by molar-refractivity contribution is 0.390. The van der Waals surface area contributed by atoms with Gasteiger partial charge in [-0.1, -0.05) is 68.9 Å². The van der Waals surface area contributed by atoms with Crippen LogP contribution in [0, 0.1) is 0 Å². The fourth-order valence-corrected chi connectivity index (χ4v) is 4.26. The first-order valence-corrected chi connectivity index (χ1v) is 11.0. The maximum absolute atomic E-state index is 10.7. The molecule has 2 N–H and O–H groups in total. The van der Waals surface area contributed by atoms with E-state index in [9.17, 15) is 10.2 Å². The summed E-state index contributed by atoms with van der Waals surface area (Å²) in [6, 6.07) is 8.93. The quantitative estimate of drug-likeness (QED) is 0.522. The van der Waals surface area contributed by atoms with E-state index in [1.54, 1.807) is 18.5 Å². The molecular weight excluding hydrogens is 419 g/mol. The maximum atomic E-state index is 10.7. The van der Waals surface area contributed by atoms with Crippen molar-refractivity contribution in [1.82, 2.24) is 0 Å². The van der Waals surface area contributed by atoms with Crippen LogP contribution in [0.25, 0.3) is 0 Å². The summed E-state index contributed by atoms with van der Waals surface area (Å²) in [5.41, 5.74) is 1.97. The Morgan fingerprint density at radius 1 is 0.900 bits per heavy atom. The number of hydrogen-bond acceptors (Lipinski definition) is 4. The highest BCUT2D eigenvalue weighted by Gasteiger charge is 2.24. The first-order chi connectivity index (χ1) is 14.2. The van der Waals surface area contributed by atoms with Crippen molar-refractivity contribution in [3.8, 4) is 11.5 Å². The molecule has 0 aliphatic heterocycles. The summed E-state index contributed by atoms with van der Waals surface area (Å²) in [6.45, 7) is 6.23. The third-order valence-corrected chi connectivity index (χ3v) is 5.94. The molecule has 0 unspecified atom stereocenters. The Labute approximate surface area is 188 Å². The van der Waals surface area contributed by atoms with Gasteiger partial charge in [0, 0.05) is 28.6 Å². The zero-order chi connectivity index (χ0) is 21.9. The van der Waals surface area contributed by atoms with E-state index in [4.69, 9.17) is 33.2 Å². The molecule has 0 heterocycles. The predicted molar refractivity (Wildman–Crippen MR) is 126 cm³/mol. The van der Waals surface area contributed by atoms with Crippen LogP contribution < -0.4 is 0 Å². The number of aliphatic imine (C=N–C) groups is 2. The summed E-state index contributed by atoms with van der Waals surface area (Å²) in [5.74, 6) is 0.257. The maximum Gasteiger partial charge on any atom is 0.143 e. The lowest BCUT2D eigenvalue weighted by Crippen LogP contribution is -2.27. The summed E-state index contributed by atoms with van der Waals surface area (Å²) in [6.07, 6.45) is 7.42. The number of phenols is 2. The van der Waals surface area contributed by atoms with E-state index < -0.39 is 0 Å². The number of nitrogens with zero attached hydrogens (tertiary/aromatic N) is 2. The van der Waals surface area contributed by atoms with Gasteiger partial charge in [-0.25, -0.2) is 0 Å². The predicted octanol–water partition coefficient (Wildman–Crippen LogP) is 6.55. The van der Waals surface area contributed by atoms with Crippen molar-refractivity contribution in [2.75, 3.05) is 0 Å². The van der Waals surface area contributed by atoms with Crippen LogP contribution in [0.1, 0.15) is 63.1 Å². The minimum atomic E-state index is -0.147. The summed E-state index contributed by atoms with van der Waals surface area (Å²) in [5, 5.41) is 21.5. The highest BCUT2D eigenvalue weighted by Crippen LogP contribution is 2.33. The average Bonchev–Trinajstić information content (AvgIpc) is 2.68. The number of aromatic hydroxyl groups is 2. The largest absolute Gasteiger partial charge is 0.507 e. The van der Waals surface area contributed by atoms with Gasteiger partial charge in [-0.3, -0.25) is 9.98 Å². The van der Waals surface area contributed by atoms with Crippen LogP contribution in [0.15, 0.2) is 40.3 Å². The highest BCUT2D eigenvalue weighted by molar-refractivity contribution is 6.36. The minimum Gasteiger partial charge on any atom is -0.507 e. The monoisotopic (exact) mass is 446 g/mol. The third kappa shape index (κ3) is 5.35. The van der Waals surface area contributed by atoms with Crippen molar-refractivity contribution < 1.29 is 10.2 Å². The Kier molecular flexibility index (Phi) is 7.10. The Bertz CT molecular complexity index is 964. The topological polar surface area (TPSA) is 65.2 Å². The van der Waals surface area contributed by atoms with Crippen molar-refractivity contribution in [2.24, 2.45) is 9.98 Å². The van der Waals surface area contributed by atoms with Crippen LogP contribution in [-0.4, -0.2) is 34.7 Å². The number of hydrogen-bond donors (Lipinski definition) is 2. The Hall–Kier alpha value is -2.04. The molecule has 1 aliphatic carbocycles. The summed E-state index contributed by atoms with van der Waals surface area (Å²) in [4.78, 5) is 9.47. The zero-order valence-electron chi connectivity index (χ0n) is 17.6. The molecule has 6 heteroatoms. The van der Waals surface area contributed by atoms with E-state index in [0.29, 0.717) is 10.6 Å². The molecule has 2 atom stereocenters. The minimum absolute atomic E-state index is 0.0000915. The number of halogens is 2. The summed E-state index contributed by atoms with van der Waals surface area (Å²) in [7, 11) is 0. The molecule has 1 aliphatic rings. The molecule has 1 saturated carbocycles. The van der Waals surface area contributed by atoms with Crippen LogP contribution in [0.4, 0.5) is 0 Å². The fourth-order valence-electron chi connectivity index (χ4n) is 3.75. The van der Waals surface area contributed by atoms with Gasteiger partial charge in [0.2, 0.25) is 0 Å². The van der Waals surface area contributed by atoms with Gasteiger partial charge in [-0.05, 0) is 42.0 Å². The third-order valence-electron chi connectivity index (χ3n) is 5.44. The van der Waals surface area contributed by atoms with Gasteiger partial charge in [0.25, 0.3) is 0 Å². The van der Waals surface area contributed by atoms with E-state index in [2.05, 4.69) is 20.8 Å². The van der Waals surface area contributed by atoms with Gasteiger partial charge in [0.1, 0.15) is 11.5 Å². The molecule has 30 heavy (non-hydrogen) atoms. The first kappa shape index (κ1) is 22.6. The molecule has 4 nitrogen and oxygen atoms in total. The van der Waals surface area contributed by atoms with Crippen LogP contribution in [0.3, 0.4) is 0 Å². The van der Waals surface area contributed by atoms with E-state index >= 15 is 0 Å². The molecule has 160 valence electrons. The van der Waals surface area contributed by atoms with Crippen molar-refractivity contribution in [2.45, 2.75) is 64.0 Å². The second kappa shape index (κ2) is 9.40. The second-order valence-electron chi connectivity index (χ2n) is 8.79. The molecule has 2 aromatic carbocycles. The standard InChI is InChI=1S/C24H28Cl2N2O2/c1-24(2,3)18-8-6-7-15(22(18)29)13-27-20-9-4-5-10-21(20)28-14-16-11-17(25)12-19(26)23(16)30/h6-8,11-14,20-21,29-30H,4-5,9-10H2,1-3H3/t20-,21-/m1/s1. The van der Waals surface area contributed by atoms with E-state index in [1.165, 1.54) is 6.07 Å². The second-order valence-corrected chi connectivity index (χ2v) is 9.64. The normalized spacial score (nSPS) is 20.3. The SMILES string of the molecule is CC(C)(C)c1cccc(C=N[C@@H]2CCCC[C@H]2N=Cc2cc(Cl)cc(Cl)c2O)c1O. The van der Waals surface area contributed by atoms with Crippen molar-refractivity contribution in [3.05, 3.63) is 57.1 Å². The highest BCUT2D eigenvalue weighted by atomic mass is 35.5. The van der Waals surface area contributed by atoms with Crippen LogP contribution in [0.5, 0.6) is 11.5 Å². The van der Waals surface area contributed by atoms with E-state index in [-0.39, 0.29) is 34.0 Å². The van der Waals surface area contributed by atoms with E-state index in [1.807, 2.05) is 18.2 Å². The molecule has 0 aromatic heterocycles. The van der Waals surface area contributed by atoms with Gasteiger partial charge in [-0.15, -0.1) is 0 Å². The molecule has 0 saturated heterocycles. The molecule has 1 fully saturated rings. The molecule has 2 aromatic rings. The van der Waals surface area contributed by atoms with Crippen LogP contribution >= 0.6 is 23.2 Å². The fraction of sp³-hybridized carbons (Fsp3) is 0.417. The lowest BCUT2D eigenvalue weighted by Gasteiger charge is -2.26. The molecule has 0 radical (unpaired) electrons. The number of para-hydroxylation sites is 1. The average molecular weight is 447 g/mol. The first-order valence-electron chi connectivity index (χ1n) is 10.2. The van der Waals surface area contributed by atoms with Crippen molar-refractivity contribution in [1.29, 1.82) is 0 Å². The molecule has 0 bridgehead atoms. The van der Waals surface area contributed by atoms with Gasteiger partial charge >= 0.3 is 0 Å². The number of benzene rings is 2. The van der Waals surface area contributed by atoms with Gasteiger partial charge in [0.05, 0.1) is 17.1 Å². The molecular formula is C24H28Cl2N2O2.